The van der Waals surface area contributed by atoms with Crippen molar-refractivity contribution >= 4 is 22.8 Å². The highest BCUT2D eigenvalue weighted by Gasteiger charge is 2.25. The molecule has 1 fully saturated rings. The second-order valence-electron chi connectivity index (χ2n) is 8.39. The fourth-order valence-electron chi connectivity index (χ4n) is 4.27. The van der Waals surface area contributed by atoms with Crippen molar-refractivity contribution in [3.8, 4) is 5.75 Å². The van der Waals surface area contributed by atoms with Crippen LogP contribution in [0.15, 0.2) is 44.0 Å². The van der Waals surface area contributed by atoms with Crippen LogP contribution in [0.25, 0.3) is 11.0 Å². The molecule has 8 nitrogen and oxygen atoms in total. The summed E-state index contributed by atoms with van der Waals surface area (Å²) in [4.78, 5) is 39.4. The number of benzene rings is 1. The largest absolute Gasteiger partial charge is 0.497 e. The third kappa shape index (κ3) is 4.94. The van der Waals surface area contributed by atoms with E-state index in [9.17, 15) is 14.4 Å². The number of methoxy groups -OCH3 is 1. The minimum absolute atomic E-state index is 0.00118. The van der Waals surface area contributed by atoms with E-state index in [-0.39, 0.29) is 24.3 Å². The average Bonchev–Trinajstić information content (AvgIpc) is 3.25. The van der Waals surface area contributed by atoms with Crippen LogP contribution in [0.3, 0.4) is 0 Å². The Labute approximate surface area is 191 Å². The van der Waals surface area contributed by atoms with Gasteiger partial charge in [-0.3, -0.25) is 9.59 Å². The molecule has 0 spiro atoms. The number of carbonyl (C=O) groups excluding carboxylic acids is 2. The molecule has 1 saturated heterocycles. The number of ether oxygens (including phenoxy) is 1. The van der Waals surface area contributed by atoms with Crippen LogP contribution in [-0.4, -0.2) is 43.0 Å². The van der Waals surface area contributed by atoms with Crippen LogP contribution in [0.1, 0.15) is 46.7 Å². The summed E-state index contributed by atoms with van der Waals surface area (Å²) >= 11 is 0. The Bertz CT molecular complexity index is 1230. The van der Waals surface area contributed by atoms with E-state index in [1.54, 1.807) is 37.1 Å². The third-order valence-electron chi connectivity index (χ3n) is 6.23. The van der Waals surface area contributed by atoms with Gasteiger partial charge in [-0.25, -0.2) is 4.79 Å². The molecule has 0 unspecified atom stereocenters. The maximum Gasteiger partial charge on any atom is 0.339 e. The van der Waals surface area contributed by atoms with E-state index in [0.717, 1.165) is 10.9 Å². The third-order valence-corrected chi connectivity index (χ3v) is 6.23. The molecule has 3 aromatic rings. The van der Waals surface area contributed by atoms with Gasteiger partial charge in [0.2, 0.25) is 5.91 Å². The van der Waals surface area contributed by atoms with Crippen LogP contribution in [-0.2, 0) is 11.2 Å². The summed E-state index contributed by atoms with van der Waals surface area (Å²) in [7, 11) is 1.56. The fraction of sp³-hybridized carbons (Fsp3) is 0.400. The first-order valence-corrected chi connectivity index (χ1v) is 11.1. The van der Waals surface area contributed by atoms with Gasteiger partial charge < -0.3 is 23.8 Å². The molecule has 3 heterocycles. The molecule has 1 aromatic carbocycles. The summed E-state index contributed by atoms with van der Waals surface area (Å²) in [6, 6.07) is 8.78. The molecule has 0 aliphatic carbocycles. The molecule has 174 valence electrons. The van der Waals surface area contributed by atoms with Crippen molar-refractivity contribution in [3.05, 3.63) is 63.4 Å². The number of fused-ring (bicyclic) bond motifs is 1. The lowest BCUT2D eigenvalue weighted by Gasteiger charge is -2.32. The van der Waals surface area contributed by atoms with Crippen molar-refractivity contribution < 1.29 is 23.2 Å². The highest BCUT2D eigenvalue weighted by molar-refractivity contribution is 5.91. The highest BCUT2D eigenvalue weighted by atomic mass is 16.5. The van der Waals surface area contributed by atoms with E-state index in [1.807, 2.05) is 19.1 Å². The van der Waals surface area contributed by atoms with Gasteiger partial charge >= 0.3 is 5.63 Å². The quantitative estimate of drug-likeness (QED) is 0.576. The van der Waals surface area contributed by atoms with Crippen molar-refractivity contribution in [1.29, 1.82) is 0 Å². The van der Waals surface area contributed by atoms with Gasteiger partial charge in [0.25, 0.3) is 5.91 Å². The molecule has 2 aromatic heterocycles. The van der Waals surface area contributed by atoms with Crippen LogP contribution >= 0.6 is 0 Å². The summed E-state index contributed by atoms with van der Waals surface area (Å²) in [5.74, 6) is 1.37. The van der Waals surface area contributed by atoms with E-state index in [0.29, 0.717) is 60.8 Å². The molecule has 1 aliphatic rings. The van der Waals surface area contributed by atoms with Gasteiger partial charge in [-0.15, -0.1) is 0 Å². The van der Waals surface area contributed by atoms with E-state index in [2.05, 4.69) is 5.32 Å². The number of nitrogens with zero attached hydrogens (tertiary/aromatic N) is 1. The van der Waals surface area contributed by atoms with E-state index in [1.165, 1.54) is 0 Å². The molecular formula is C25H28N2O6. The number of likely N-dealkylation sites (tertiary alicyclic amines) is 1. The molecule has 0 bridgehead atoms. The average molecular weight is 453 g/mol. The summed E-state index contributed by atoms with van der Waals surface area (Å²) in [6.07, 6.45) is 1.91. The number of hydrogen-bond acceptors (Lipinski definition) is 6. The Morgan fingerprint density at radius 3 is 2.55 bits per heavy atom. The zero-order chi connectivity index (χ0) is 23.5. The van der Waals surface area contributed by atoms with Crippen LogP contribution in [0.2, 0.25) is 0 Å². The zero-order valence-electron chi connectivity index (χ0n) is 19.1. The van der Waals surface area contributed by atoms with Crippen LogP contribution in [0.4, 0.5) is 0 Å². The molecule has 1 aliphatic heterocycles. The van der Waals surface area contributed by atoms with Gasteiger partial charge in [-0.05, 0) is 62.9 Å². The summed E-state index contributed by atoms with van der Waals surface area (Å²) < 4.78 is 16.0. The van der Waals surface area contributed by atoms with E-state index < -0.39 is 5.63 Å². The summed E-state index contributed by atoms with van der Waals surface area (Å²) in [6.45, 7) is 4.79. The molecule has 1 N–H and O–H groups in total. The Balaban J connectivity index is 1.33. The second-order valence-corrected chi connectivity index (χ2v) is 8.39. The fourth-order valence-corrected chi connectivity index (χ4v) is 4.27. The molecule has 4 rings (SSSR count). The molecule has 33 heavy (non-hydrogen) atoms. The first kappa shape index (κ1) is 22.6. The molecule has 0 atom stereocenters. The SMILES string of the molecule is COc1ccc2c(C)c(CCC(=O)N3CCC(NC(=O)c4ccc(C)o4)CC3)c(=O)oc2c1. The van der Waals surface area contributed by atoms with Crippen LogP contribution in [0.5, 0.6) is 5.75 Å². The molecule has 8 heteroatoms. The Hall–Kier alpha value is -3.55. The Morgan fingerprint density at radius 2 is 1.88 bits per heavy atom. The van der Waals surface area contributed by atoms with E-state index in [4.69, 9.17) is 13.6 Å². The number of hydrogen-bond donors (Lipinski definition) is 1. The molecule has 0 saturated carbocycles. The summed E-state index contributed by atoms with van der Waals surface area (Å²) in [5.41, 5.74) is 1.40. The van der Waals surface area contributed by atoms with Gasteiger partial charge in [0.05, 0.1) is 7.11 Å². The first-order valence-electron chi connectivity index (χ1n) is 11.1. The number of carbonyl (C=O) groups is 2. The van der Waals surface area contributed by atoms with Crippen molar-refractivity contribution in [1.82, 2.24) is 10.2 Å². The second kappa shape index (κ2) is 9.52. The normalized spacial score (nSPS) is 14.5. The van der Waals surface area contributed by atoms with Crippen molar-refractivity contribution in [2.75, 3.05) is 20.2 Å². The summed E-state index contributed by atoms with van der Waals surface area (Å²) in [5, 5.41) is 3.81. The van der Waals surface area contributed by atoms with Crippen LogP contribution in [0, 0.1) is 13.8 Å². The zero-order valence-corrected chi connectivity index (χ0v) is 19.1. The predicted molar refractivity (Wildman–Crippen MR) is 123 cm³/mol. The van der Waals surface area contributed by atoms with Gasteiger partial charge in [0.15, 0.2) is 5.76 Å². The maximum atomic E-state index is 12.8. The first-order chi connectivity index (χ1) is 15.9. The van der Waals surface area contributed by atoms with Gasteiger partial charge in [0.1, 0.15) is 17.1 Å². The Morgan fingerprint density at radius 1 is 1.12 bits per heavy atom. The monoisotopic (exact) mass is 452 g/mol. The number of aryl methyl sites for hydroxylation is 2. The van der Waals surface area contributed by atoms with Gasteiger partial charge in [-0.2, -0.15) is 0 Å². The van der Waals surface area contributed by atoms with Gasteiger partial charge in [0, 0.05) is 42.6 Å². The van der Waals surface area contributed by atoms with E-state index >= 15 is 0 Å². The molecular weight excluding hydrogens is 424 g/mol. The number of rotatable bonds is 6. The molecule has 2 amide bonds. The lowest BCUT2D eigenvalue weighted by molar-refractivity contribution is -0.132. The number of amides is 2. The number of furan rings is 1. The van der Waals surface area contributed by atoms with Crippen LogP contribution < -0.4 is 15.7 Å². The predicted octanol–water partition coefficient (Wildman–Crippen LogP) is 3.37. The topological polar surface area (TPSA) is 102 Å². The number of piperidine rings is 1. The Kier molecular flexibility index (Phi) is 6.53. The van der Waals surface area contributed by atoms with Crippen molar-refractivity contribution in [3.63, 3.8) is 0 Å². The van der Waals surface area contributed by atoms with Crippen molar-refractivity contribution in [2.45, 2.75) is 45.6 Å². The minimum atomic E-state index is -0.421. The standard InChI is InChI=1S/C25H28N2O6/c1-15-4-8-21(32-15)24(29)26-17-10-12-27(13-11-17)23(28)9-7-20-16(2)19-6-5-18(31-3)14-22(19)33-25(20)30/h4-6,8,14,17H,7,9-13H2,1-3H3,(H,26,29). The number of nitrogens with one attached hydrogen (secondary N) is 1. The van der Waals surface area contributed by atoms with Crippen molar-refractivity contribution in [2.24, 2.45) is 0 Å². The highest BCUT2D eigenvalue weighted by Crippen LogP contribution is 2.24. The lowest BCUT2D eigenvalue weighted by atomic mass is 10.0. The minimum Gasteiger partial charge on any atom is -0.497 e. The smallest absolute Gasteiger partial charge is 0.339 e. The maximum absolute atomic E-state index is 12.8. The van der Waals surface area contributed by atoms with Gasteiger partial charge in [-0.1, -0.05) is 0 Å². The lowest BCUT2D eigenvalue weighted by Crippen LogP contribution is -2.46. The molecule has 0 radical (unpaired) electrons.